The smallest absolute Gasteiger partial charge is 0.118 e. The first kappa shape index (κ1) is 13.0. The number of methoxy groups -OCH3 is 1. The lowest BCUT2D eigenvalue weighted by molar-refractivity contribution is 0.278. The third-order valence-corrected chi connectivity index (χ3v) is 2.89. The lowest BCUT2D eigenvalue weighted by Crippen LogP contribution is -2.45. The van der Waals surface area contributed by atoms with Crippen molar-refractivity contribution in [1.82, 2.24) is 4.90 Å². The molecule has 0 fully saturated rings. The molecule has 0 spiro atoms. The summed E-state index contributed by atoms with van der Waals surface area (Å²) in [4.78, 5) is 2.12. The van der Waals surface area contributed by atoms with Crippen molar-refractivity contribution in [1.29, 1.82) is 0 Å². The lowest BCUT2D eigenvalue weighted by Gasteiger charge is -2.32. The van der Waals surface area contributed by atoms with Crippen LogP contribution in [-0.4, -0.2) is 32.6 Å². The van der Waals surface area contributed by atoms with Crippen LogP contribution in [0.15, 0.2) is 24.3 Å². The molecule has 1 aromatic rings. The second-order valence-corrected chi connectivity index (χ2v) is 4.48. The van der Waals surface area contributed by atoms with E-state index in [-0.39, 0.29) is 5.54 Å². The Bertz CT molecular complexity index is 321. The van der Waals surface area contributed by atoms with Crippen LogP contribution < -0.4 is 10.5 Å². The van der Waals surface area contributed by atoms with E-state index in [1.807, 2.05) is 38.4 Å². The predicted octanol–water partition coefficient (Wildman–Crippen LogP) is 1.82. The maximum atomic E-state index is 6.43. The molecule has 1 unspecified atom stereocenters. The lowest BCUT2D eigenvalue weighted by atomic mass is 9.88. The van der Waals surface area contributed by atoms with Crippen molar-refractivity contribution in [3.8, 4) is 5.75 Å². The van der Waals surface area contributed by atoms with Crippen LogP contribution in [0, 0.1) is 0 Å². The Morgan fingerprint density at radius 3 is 2.19 bits per heavy atom. The summed E-state index contributed by atoms with van der Waals surface area (Å²) in [7, 11) is 5.76. The van der Waals surface area contributed by atoms with Gasteiger partial charge in [0.15, 0.2) is 0 Å². The van der Waals surface area contributed by atoms with Gasteiger partial charge in [-0.15, -0.1) is 0 Å². The maximum absolute atomic E-state index is 6.43. The molecule has 90 valence electrons. The molecule has 0 aliphatic rings. The molecule has 0 saturated carbocycles. The standard InChI is InChI=1S/C13H22N2O/c1-5-13(14,10-15(2)3)11-6-8-12(16-4)9-7-11/h6-9H,5,10,14H2,1-4H3. The second kappa shape index (κ2) is 5.32. The zero-order valence-corrected chi connectivity index (χ0v) is 10.7. The number of benzene rings is 1. The number of ether oxygens (including phenoxy) is 1. The Balaban J connectivity index is 2.93. The van der Waals surface area contributed by atoms with E-state index in [0.717, 1.165) is 24.3 Å². The minimum Gasteiger partial charge on any atom is -0.497 e. The molecule has 0 aliphatic carbocycles. The van der Waals surface area contributed by atoms with Crippen LogP contribution in [0.25, 0.3) is 0 Å². The fourth-order valence-electron chi connectivity index (χ4n) is 1.89. The van der Waals surface area contributed by atoms with E-state index < -0.39 is 0 Å². The Morgan fingerprint density at radius 2 is 1.81 bits per heavy atom. The summed E-state index contributed by atoms with van der Waals surface area (Å²) in [5, 5.41) is 0. The highest BCUT2D eigenvalue weighted by atomic mass is 16.5. The number of rotatable bonds is 5. The first-order valence-corrected chi connectivity index (χ1v) is 5.60. The first-order chi connectivity index (χ1) is 7.51. The Morgan fingerprint density at radius 1 is 1.25 bits per heavy atom. The molecule has 0 saturated heterocycles. The summed E-state index contributed by atoms with van der Waals surface area (Å²) in [6, 6.07) is 8.02. The number of hydrogen-bond donors (Lipinski definition) is 1. The van der Waals surface area contributed by atoms with Crippen LogP contribution in [0.2, 0.25) is 0 Å². The molecular weight excluding hydrogens is 200 g/mol. The third kappa shape index (κ3) is 2.97. The van der Waals surface area contributed by atoms with E-state index >= 15 is 0 Å². The van der Waals surface area contributed by atoms with Crippen LogP contribution in [0.1, 0.15) is 18.9 Å². The molecule has 2 N–H and O–H groups in total. The molecule has 0 aliphatic heterocycles. The van der Waals surface area contributed by atoms with Crippen molar-refractivity contribution in [2.24, 2.45) is 5.73 Å². The van der Waals surface area contributed by atoms with Gasteiger partial charge in [0, 0.05) is 6.54 Å². The van der Waals surface area contributed by atoms with Crippen LogP contribution in [0.4, 0.5) is 0 Å². The minimum absolute atomic E-state index is 0.282. The van der Waals surface area contributed by atoms with Crippen LogP contribution in [0.3, 0.4) is 0 Å². The van der Waals surface area contributed by atoms with E-state index in [1.165, 1.54) is 0 Å². The number of nitrogens with zero attached hydrogens (tertiary/aromatic N) is 1. The van der Waals surface area contributed by atoms with Gasteiger partial charge in [0.2, 0.25) is 0 Å². The SMILES string of the molecule is CCC(N)(CN(C)C)c1ccc(OC)cc1. The van der Waals surface area contributed by atoms with Crippen LogP contribution in [0.5, 0.6) is 5.75 Å². The van der Waals surface area contributed by atoms with Crippen molar-refractivity contribution in [2.45, 2.75) is 18.9 Å². The third-order valence-electron chi connectivity index (χ3n) is 2.89. The molecule has 16 heavy (non-hydrogen) atoms. The summed E-state index contributed by atoms with van der Waals surface area (Å²) in [5.41, 5.74) is 7.30. The fourth-order valence-corrected chi connectivity index (χ4v) is 1.89. The minimum atomic E-state index is -0.282. The van der Waals surface area contributed by atoms with Crippen LogP contribution >= 0.6 is 0 Å². The average Bonchev–Trinajstić information content (AvgIpc) is 2.28. The summed E-state index contributed by atoms with van der Waals surface area (Å²) in [6.45, 7) is 2.96. The second-order valence-electron chi connectivity index (χ2n) is 4.48. The van der Waals surface area contributed by atoms with Gasteiger partial charge in [-0.25, -0.2) is 0 Å². The molecule has 1 aromatic carbocycles. The van der Waals surface area contributed by atoms with Crippen molar-refractivity contribution in [3.05, 3.63) is 29.8 Å². The van der Waals surface area contributed by atoms with Crippen molar-refractivity contribution in [3.63, 3.8) is 0 Å². The normalized spacial score (nSPS) is 14.9. The largest absolute Gasteiger partial charge is 0.497 e. The number of nitrogens with two attached hydrogens (primary N) is 1. The van der Waals surface area contributed by atoms with E-state index in [1.54, 1.807) is 7.11 Å². The highest BCUT2D eigenvalue weighted by Gasteiger charge is 2.25. The zero-order valence-electron chi connectivity index (χ0n) is 10.7. The molecule has 0 bridgehead atoms. The van der Waals surface area contributed by atoms with Gasteiger partial charge < -0.3 is 15.4 Å². The Kier molecular flexibility index (Phi) is 4.33. The summed E-state index contributed by atoms with van der Waals surface area (Å²) in [6.07, 6.45) is 0.914. The van der Waals surface area contributed by atoms with Gasteiger partial charge in [-0.1, -0.05) is 19.1 Å². The first-order valence-electron chi connectivity index (χ1n) is 5.60. The molecule has 3 heteroatoms. The van der Waals surface area contributed by atoms with Crippen LogP contribution in [-0.2, 0) is 5.54 Å². The average molecular weight is 222 g/mol. The monoisotopic (exact) mass is 222 g/mol. The summed E-state index contributed by atoms with van der Waals surface area (Å²) >= 11 is 0. The van der Waals surface area contributed by atoms with Gasteiger partial charge in [-0.05, 0) is 38.2 Å². The van der Waals surface area contributed by atoms with Gasteiger partial charge in [0.25, 0.3) is 0 Å². The highest BCUT2D eigenvalue weighted by molar-refractivity contribution is 5.32. The van der Waals surface area contributed by atoms with E-state index in [2.05, 4.69) is 11.8 Å². The van der Waals surface area contributed by atoms with Crippen molar-refractivity contribution >= 4 is 0 Å². The molecule has 1 atom stereocenters. The van der Waals surface area contributed by atoms with E-state index in [4.69, 9.17) is 10.5 Å². The van der Waals surface area contributed by atoms with Crippen molar-refractivity contribution in [2.75, 3.05) is 27.7 Å². The molecule has 1 rings (SSSR count). The summed E-state index contributed by atoms with van der Waals surface area (Å²) < 4.78 is 5.15. The molecule has 0 amide bonds. The molecule has 3 nitrogen and oxygen atoms in total. The quantitative estimate of drug-likeness (QED) is 0.826. The van der Waals surface area contributed by atoms with E-state index in [9.17, 15) is 0 Å². The maximum Gasteiger partial charge on any atom is 0.118 e. The summed E-state index contributed by atoms with van der Waals surface area (Å²) in [5.74, 6) is 0.868. The highest BCUT2D eigenvalue weighted by Crippen LogP contribution is 2.24. The van der Waals surface area contributed by atoms with Gasteiger partial charge >= 0.3 is 0 Å². The molecule has 0 radical (unpaired) electrons. The fraction of sp³-hybridized carbons (Fsp3) is 0.538. The zero-order chi connectivity index (χ0) is 12.2. The van der Waals surface area contributed by atoms with Gasteiger partial charge in [0.05, 0.1) is 12.6 Å². The topological polar surface area (TPSA) is 38.5 Å². The molecule has 0 heterocycles. The van der Waals surface area contributed by atoms with E-state index in [0.29, 0.717) is 0 Å². The van der Waals surface area contributed by atoms with Crippen molar-refractivity contribution < 1.29 is 4.74 Å². The number of hydrogen-bond acceptors (Lipinski definition) is 3. The molecular formula is C13H22N2O. The Hall–Kier alpha value is -1.06. The molecule has 0 aromatic heterocycles. The Labute approximate surface area is 98.2 Å². The van der Waals surface area contributed by atoms with Gasteiger partial charge in [-0.2, -0.15) is 0 Å². The van der Waals surface area contributed by atoms with Gasteiger partial charge in [-0.3, -0.25) is 0 Å². The predicted molar refractivity (Wildman–Crippen MR) is 67.7 cm³/mol. The van der Waals surface area contributed by atoms with Gasteiger partial charge in [0.1, 0.15) is 5.75 Å². The number of likely N-dealkylation sites (N-methyl/N-ethyl adjacent to an activating group) is 1.